The summed E-state index contributed by atoms with van der Waals surface area (Å²) in [5.74, 6) is 2.13. The average molecular weight is 429 g/mol. The van der Waals surface area contributed by atoms with E-state index in [1.54, 1.807) is 6.07 Å². The largest absolute Gasteiger partial charge is 0.493 e. The summed E-state index contributed by atoms with van der Waals surface area (Å²) in [7, 11) is 0. The number of carbonyl (C=O) groups is 1. The SMILES string of the molecule is C[C@H](NC(=O)c1ccnnc1)c1ccc(C2CN(c3ccc(OCC4CC4)cc3)C2)cc1. The van der Waals surface area contributed by atoms with Crippen LogP contribution in [0.2, 0.25) is 0 Å². The highest BCUT2D eigenvalue weighted by molar-refractivity contribution is 5.93. The molecule has 1 saturated carbocycles. The summed E-state index contributed by atoms with van der Waals surface area (Å²) < 4.78 is 5.84. The minimum absolute atomic E-state index is 0.0803. The first-order valence-corrected chi connectivity index (χ1v) is 11.3. The zero-order valence-electron chi connectivity index (χ0n) is 18.3. The Bertz CT molecular complexity index is 1040. The van der Waals surface area contributed by atoms with Crippen LogP contribution in [0.5, 0.6) is 5.75 Å². The lowest BCUT2D eigenvalue weighted by molar-refractivity contribution is 0.0939. The van der Waals surface area contributed by atoms with Crippen molar-refractivity contribution in [2.24, 2.45) is 5.92 Å². The van der Waals surface area contributed by atoms with Gasteiger partial charge in [-0.05, 0) is 67.1 Å². The van der Waals surface area contributed by atoms with Crippen LogP contribution < -0.4 is 15.0 Å². The Kier molecular flexibility index (Phi) is 5.75. The quantitative estimate of drug-likeness (QED) is 0.577. The molecule has 1 N–H and O–H groups in total. The van der Waals surface area contributed by atoms with Gasteiger partial charge in [0.25, 0.3) is 5.91 Å². The number of anilines is 1. The van der Waals surface area contributed by atoms with E-state index in [1.165, 1.54) is 36.5 Å². The normalized spacial score (nSPS) is 16.8. The second-order valence-corrected chi connectivity index (χ2v) is 8.84. The summed E-state index contributed by atoms with van der Waals surface area (Å²) in [4.78, 5) is 14.7. The number of amides is 1. The summed E-state index contributed by atoms with van der Waals surface area (Å²) in [6, 6.07) is 18.6. The molecule has 0 spiro atoms. The minimum Gasteiger partial charge on any atom is -0.493 e. The van der Waals surface area contributed by atoms with Crippen LogP contribution in [0, 0.1) is 5.92 Å². The van der Waals surface area contributed by atoms with E-state index in [4.69, 9.17) is 4.74 Å². The van der Waals surface area contributed by atoms with E-state index in [0.29, 0.717) is 11.5 Å². The fourth-order valence-electron chi connectivity index (χ4n) is 4.00. The maximum atomic E-state index is 12.3. The number of nitrogens with zero attached hydrogens (tertiary/aromatic N) is 3. The standard InChI is InChI=1S/C26H28N4O2/c1-18(29-26(31)22-12-13-27-28-14-22)20-4-6-21(7-5-20)23-15-30(16-23)24-8-10-25(11-9-24)32-17-19-2-3-19/h4-14,18-19,23H,2-3,15-17H2,1H3,(H,29,31)/t18-/m0/s1. The van der Waals surface area contributed by atoms with Gasteiger partial charge in [0, 0.05) is 24.7 Å². The molecule has 2 fully saturated rings. The third-order valence-corrected chi connectivity index (χ3v) is 6.37. The van der Waals surface area contributed by atoms with Crippen molar-refractivity contribution in [2.75, 3.05) is 24.6 Å². The van der Waals surface area contributed by atoms with Gasteiger partial charge in [0.15, 0.2) is 0 Å². The van der Waals surface area contributed by atoms with Crippen molar-refractivity contribution in [3.8, 4) is 5.75 Å². The van der Waals surface area contributed by atoms with Gasteiger partial charge in [-0.2, -0.15) is 10.2 Å². The molecule has 1 saturated heterocycles. The molecule has 32 heavy (non-hydrogen) atoms. The van der Waals surface area contributed by atoms with Crippen molar-refractivity contribution >= 4 is 11.6 Å². The summed E-state index contributed by atoms with van der Waals surface area (Å²) >= 11 is 0. The van der Waals surface area contributed by atoms with Gasteiger partial charge in [0.1, 0.15) is 5.75 Å². The van der Waals surface area contributed by atoms with E-state index in [-0.39, 0.29) is 11.9 Å². The summed E-state index contributed by atoms with van der Waals surface area (Å²) in [6.07, 6.45) is 5.62. The molecule has 0 unspecified atom stereocenters. The molecule has 1 aliphatic heterocycles. The molecule has 5 rings (SSSR count). The second-order valence-electron chi connectivity index (χ2n) is 8.84. The molecule has 1 amide bonds. The Hall–Kier alpha value is -3.41. The molecule has 1 aromatic heterocycles. The maximum absolute atomic E-state index is 12.3. The average Bonchev–Trinajstić information content (AvgIpc) is 3.63. The monoisotopic (exact) mass is 428 g/mol. The zero-order chi connectivity index (χ0) is 21.9. The van der Waals surface area contributed by atoms with Crippen molar-refractivity contribution in [2.45, 2.75) is 31.7 Å². The molecule has 0 bridgehead atoms. The van der Waals surface area contributed by atoms with Gasteiger partial charge < -0.3 is 15.0 Å². The molecule has 6 heteroatoms. The van der Waals surface area contributed by atoms with Crippen LogP contribution in [-0.2, 0) is 0 Å². The number of benzene rings is 2. The van der Waals surface area contributed by atoms with Gasteiger partial charge in [-0.25, -0.2) is 0 Å². The first kappa shape index (κ1) is 20.5. The van der Waals surface area contributed by atoms with Crippen LogP contribution in [0.1, 0.15) is 53.2 Å². The highest BCUT2D eigenvalue weighted by Gasteiger charge is 2.28. The predicted molar refractivity (Wildman–Crippen MR) is 124 cm³/mol. The van der Waals surface area contributed by atoms with Crippen LogP contribution in [0.3, 0.4) is 0 Å². The van der Waals surface area contributed by atoms with Gasteiger partial charge in [-0.1, -0.05) is 24.3 Å². The van der Waals surface area contributed by atoms with Crippen molar-refractivity contribution in [1.29, 1.82) is 0 Å². The Morgan fingerprint density at radius 1 is 1.06 bits per heavy atom. The molecule has 0 radical (unpaired) electrons. The Morgan fingerprint density at radius 3 is 2.47 bits per heavy atom. The van der Waals surface area contributed by atoms with Gasteiger partial charge >= 0.3 is 0 Å². The van der Waals surface area contributed by atoms with Gasteiger partial charge in [0.05, 0.1) is 30.6 Å². The first-order chi connectivity index (χ1) is 15.7. The van der Waals surface area contributed by atoms with Gasteiger partial charge in [-0.15, -0.1) is 0 Å². The number of carbonyl (C=O) groups excluding carboxylic acids is 1. The second kappa shape index (κ2) is 8.99. The molecule has 2 aromatic carbocycles. The van der Waals surface area contributed by atoms with E-state index in [1.807, 2.05) is 6.92 Å². The van der Waals surface area contributed by atoms with Crippen molar-refractivity contribution in [3.63, 3.8) is 0 Å². The number of nitrogens with one attached hydrogen (secondary N) is 1. The lowest BCUT2D eigenvalue weighted by atomic mass is 9.90. The number of hydrogen-bond acceptors (Lipinski definition) is 5. The zero-order valence-corrected chi connectivity index (χ0v) is 18.3. The smallest absolute Gasteiger partial charge is 0.253 e. The van der Waals surface area contributed by atoms with Crippen molar-refractivity contribution in [1.82, 2.24) is 15.5 Å². The lowest BCUT2D eigenvalue weighted by Crippen LogP contribution is -2.45. The topological polar surface area (TPSA) is 67.4 Å². The van der Waals surface area contributed by atoms with Gasteiger partial charge in [0.2, 0.25) is 0 Å². The number of rotatable bonds is 8. The molecule has 3 aromatic rings. The highest BCUT2D eigenvalue weighted by atomic mass is 16.5. The predicted octanol–water partition coefficient (Wildman–Crippen LogP) is 4.36. The fraction of sp³-hybridized carbons (Fsp3) is 0.346. The van der Waals surface area contributed by atoms with E-state index in [0.717, 1.165) is 36.9 Å². The molecular weight excluding hydrogens is 400 g/mol. The summed E-state index contributed by atoms with van der Waals surface area (Å²) in [6.45, 7) is 4.88. The summed E-state index contributed by atoms with van der Waals surface area (Å²) in [5, 5.41) is 10.5. The van der Waals surface area contributed by atoms with E-state index < -0.39 is 0 Å². The van der Waals surface area contributed by atoms with Crippen LogP contribution >= 0.6 is 0 Å². The number of aromatic nitrogens is 2. The Morgan fingerprint density at radius 2 is 1.81 bits per heavy atom. The summed E-state index contributed by atoms with van der Waals surface area (Å²) in [5.41, 5.74) is 4.19. The maximum Gasteiger partial charge on any atom is 0.253 e. The lowest BCUT2D eigenvalue weighted by Gasteiger charge is -2.41. The van der Waals surface area contributed by atoms with E-state index in [2.05, 4.69) is 68.9 Å². The van der Waals surface area contributed by atoms with Gasteiger partial charge in [-0.3, -0.25) is 4.79 Å². The van der Waals surface area contributed by atoms with E-state index in [9.17, 15) is 4.79 Å². The van der Waals surface area contributed by atoms with Crippen LogP contribution in [-0.4, -0.2) is 35.8 Å². The molecule has 2 aliphatic rings. The third kappa shape index (κ3) is 4.74. The first-order valence-electron chi connectivity index (χ1n) is 11.3. The molecule has 2 heterocycles. The van der Waals surface area contributed by atoms with Crippen LogP contribution in [0.25, 0.3) is 0 Å². The van der Waals surface area contributed by atoms with Crippen LogP contribution in [0.4, 0.5) is 5.69 Å². The highest BCUT2D eigenvalue weighted by Crippen LogP contribution is 2.34. The fourth-order valence-corrected chi connectivity index (χ4v) is 4.00. The van der Waals surface area contributed by atoms with Crippen LogP contribution in [0.15, 0.2) is 67.0 Å². The molecule has 1 atom stereocenters. The van der Waals surface area contributed by atoms with Crippen molar-refractivity contribution < 1.29 is 9.53 Å². The Labute approximate surface area is 188 Å². The Balaban J connectivity index is 1.12. The number of hydrogen-bond donors (Lipinski definition) is 1. The molecule has 6 nitrogen and oxygen atoms in total. The van der Waals surface area contributed by atoms with Crippen molar-refractivity contribution in [3.05, 3.63) is 83.7 Å². The molecule has 1 aliphatic carbocycles. The van der Waals surface area contributed by atoms with E-state index >= 15 is 0 Å². The molecular formula is C26H28N4O2. The minimum atomic E-state index is -0.143. The molecule has 164 valence electrons. The number of ether oxygens (including phenoxy) is 1. The third-order valence-electron chi connectivity index (χ3n) is 6.37.